The van der Waals surface area contributed by atoms with Crippen molar-refractivity contribution in [1.82, 2.24) is 4.31 Å². The molecule has 1 amide bonds. The zero-order valence-corrected chi connectivity index (χ0v) is 16.8. The van der Waals surface area contributed by atoms with E-state index in [0.29, 0.717) is 0 Å². The van der Waals surface area contributed by atoms with Crippen LogP contribution in [-0.4, -0.2) is 33.3 Å². The van der Waals surface area contributed by atoms with E-state index in [4.69, 9.17) is 4.84 Å². The quantitative estimate of drug-likeness (QED) is 0.295. The molecule has 1 heterocycles. The lowest BCUT2D eigenvalue weighted by atomic mass is 9.87. The molecule has 1 aromatic carbocycles. The molecule has 23 heavy (non-hydrogen) atoms. The normalized spacial score (nSPS) is 14.7. The molecule has 0 spiro atoms. The number of hydrogen-bond acceptors (Lipinski definition) is 7. The summed E-state index contributed by atoms with van der Waals surface area (Å²) in [4.78, 5) is 17.9. The molecule has 126 valence electrons. The Morgan fingerprint density at radius 2 is 1.83 bits per heavy atom. The van der Waals surface area contributed by atoms with Gasteiger partial charge in [-0.05, 0) is 33.9 Å². The summed E-state index contributed by atoms with van der Waals surface area (Å²) in [5.74, 6) is 2.04. The van der Waals surface area contributed by atoms with E-state index in [1.54, 1.807) is 30.6 Å². The average molecular weight is 389 g/mol. The van der Waals surface area contributed by atoms with Crippen LogP contribution in [0.25, 0.3) is 0 Å². The number of hydrogen-bond donors (Lipinski definition) is 0. The molecule has 1 saturated heterocycles. The maximum atomic E-state index is 11.9. The Hall–Kier alpha value is -0.440. The van der Waals surface area contributed by atoms with Gasteiger partial charge in [0, 0.05) is 34.4 Å². The first-order valence-electron chi connectivity index (χ1n) is 7.10. The van der Waals surface area contributed by atoms with Gasteiger partial charge < -0.3 is 0 Å². The molecule has 1 fully saturated rings. The van der Waals surface area contributed by atoms with Crippen molar-refractivity contribution in [2.45, 2.75) is 31.1 Å². The molecule has 1 aromatic rings. The van der Waals surface area contributed by atoms with Crippen LogP contribution in [-0.2, 0) is 10.3 Å². The first-order valence-corrected chi connectivity index (χ1v) is 11.2. The molecule has 0 aromatic heterocycles. The molecule has 1 aliphatic rings. The second-order valence-corrected chi connectivity index (χ2v) is 10.5. The van der Waals surface area contributed by atoms with E-state index in [0.717, 1.165) is 20.8 Å². The Kier molecular flexibility index (Phi) is 7.06. The number of nitrogens with zero attached hydrogens (tertiary/aromatic N) is 2. The summed E-state index contributed by atoms with van der Waals surface area (Å²) < 4.78 is 2.26. The highest BCUT2D eigenvalue weighted by atomic mass is 33.1. The van der Waals surface area contributed by atoms with Gasteiger partial charge in [-0.15, -0.1) is 0 Å². The molecule has 0 aliphatic carbocycles. The van der Waals surface area contributed by atoms with Crippen molar-refractivity contribution in [2.75, 3.05) is 18.6 Å². The van der Waals surface area contributed by atoms with Gasteiger partial charge in [-0.3, -0.25) is 4.84 Å². The zero-order chi connectivity index (χ0) is 16.9. The Morgan fingerprint density at radius 3 is 2.39 bits per heavy atom. The lowest BCUT2D eigenvalue weighted by Gasteiger charge is -2.19. The highest BCUT2D eigenvalue weighted by Crippen LogP contribution is 2.35. The summed E-state index contributed by atoms with van der Waals surface area (Å²) in [6, 6.07) is 8.40. The van der Waals surface area contributed by atoms with Crippen molar-refractivity contribution in [1.29, 1.82) is 0 Å². The van der Waals surface area contributed by atoms with Crippen molar-refractivity contribution >= 4 is 55.8 Å². The lowest BCUT2D eigenvalue weighted by molar-refractivity contribution is 0.138. The Bertz CT molecular complexity index is 562. The van der Waals surface area contributed by atoms with Crippen LogP contribution in [0.2, 0.25) is 0 Å². The Balaban J connectivity index is 1.80. The van der Waals surface area contributed by atoms with Crippen LogP contribution in [0.5, 0.6) is 0 Å². The van der Waals surface area contributed by atoms with Gasteiger partial charge in [0.05, 0.1) is 0 Å². The van der Waals surface area contributed by atoms with Crippen LogP contribution < -0.4 is 0 Å². The van der Waals surface area contributed by atoms with Crippen LogP contribution in [0.15, 0.2) is 34.3 Å². The van der Waals surface area contributed by atoms with Crippen LogP contribution in [0.4, 0.5) is 4.79 Å². The van der Waals surface area contributed by atoms with Crippen molar-refractivity contribution < 1.29 is 9.63 Å². The van der Waals surface area contributed by atoms with Gasteiger partial charge >= 0.3 is 6.09 Å². The van der Waals surface area contributed by atoms with E-state index in [1.165, 1.54) is 31.6 Å². The third-order valence-corrected chi connectivity index (χ3v) is 7.76. The molecule has 2 rings (SSSR count). The monoisotopic (exact) mass is 388 g/mol. The predicted molar refractivity (Wildman–Crippen MR) is 105 cm³/mol. The largest absolute Gasteiger partial charge is 0.446 e. The minimum atomic E-state index is -0.464. The maximum absolute atomic E-state index is 11.9. The predicted octanol–water partition coefficient (Wildman–Crippen LogP) is 5.46. The molecule has 0 radical (unpaired) electrons. The summed E-state index contributed by atoms with van der Waals surface area (Å²) in [6.45, 7) is 6.57. The number of carbonyl (C=O) groups excluding carboxylic acids is 1. The fourth-order valence-corrected chi connectivity index (χ4v) is 5.30. The molecular formula is C15H20N2O2S4. The first-order chi connectivity index (χ1) is 10.9. The molecule has 0 unspecified atom stereocenters. The van der Waals surface area contributed by atoms with Gasteiger partial charge in [0.15, 0.2) is 4.38 Å². The van der Waals surface area contributed by atoms with E-state index in [-0.39, 0.29) is 5.41 Å². The second kappa shape index (κ2) is 8.60. The van der Waals surface area contributed by atoms with Crippen molar-refractivity contribution in [3.8, 4) is 0 Å². The fraction of sp³-hybridized carbons (Fsp3) is 0.467. The lowest BCUT2D eigenvalue weighted by Crippen LogP contribution is -2.17. The standard InChI is InChI=1S/C15H20N2O2S4/c1-15(2,3)11-5-7-12(8-6-11)22-23-17(4)14(18)19-16-13-20-9-10-21-13/h5-8H,9-10H2,1-4H3. The fourth-order valence-electron chi connectivity index (χ4n) is 1.63. The van der Waals surface area contributed by atoms with Gasteiger partial charge in [0.2, 0.25) is 0 Å². The van der Waals surface area contributed by atoms with Gasteiger partial charge in [-0.1, -0.05) is 61.6 Å². The SMILES string of the molecule is CN(SSc1ccc(C(C)(C)C)cc1)C(=O)ON=C1SCCS1. The zero-order valence-electron chi connectivity index (χ0n) is 13.6. The van der Waals surface area contributed by atoms with Crippen molar-refractivity contribution in [3.05, 3.63) is 29.8 Å². The Morgan fingerprint density at radius 1 is 1.22 bits per heavy atom. The van der Waals surface area contributed by atoms with Crippen LogP contribution >= 0.6 is 45.3 Å². The molecule has 8 heteroatoms. The van der Waals surface area contributed by atoms with E-state index >= 15 is 0 Å². The highest BCUT2D eigenvalue weighted by molar-refractivity contribution is 8.75. The van der Waals surface area contributed by atoms with Crippen LogP contribution in [0.1, 0.15) is 26.3 Å². The molecule has 0 bridgehead atoms. The van der Waals surface area contributed by atoms with Crippen molar-refractivity contribution in [2.24, 2.45) is 5.16 Å². The number of amides is 1. The van der Waals surface area contributed by atoms with E-state index < -0.39 is 6.09 Å². The molecule has 4 nitrogen and oxygen atoms in total. The number of rotatable bonds is 4. The van der Waals surface area contributed by atoms with Gasteiger partial charge in [0.1, 0.15) is 0 Å². The maximum Gasteiger partial charge on any atom is 0.446 e. The van der Waals surface area contributed by atoms with E-state index in [2.05, 4.69) is 50.2 Å². The summed E-state index contributed by atoms with van der Waals surface area (Å²) >= 11 is 3.23. The highest BCUT2D eigenvalue weighted by Gasteiger charge is 2.16. The number of carbonyl (C=O) groups is 1. The topological polar surface area (TPSA) is 41.9 Å². The molecule has 0 atom stereocenters. The molecule has 0 saturated carbocycles. The smallest absolute Gasteiger partial charge is 0.296 e. The van der Waals surface area contributed by atoms with Gasteiger partial charge in [-0.2, -0.15) is 0 Å². The summed E-state index contributed by atoms with van der Waals surface area (Å²) in [5.41, 5.74) is 1.44. The van der Waals surface area contributed by atoms with Crippen molar-refractivity contribution in [3.63, 3.8) is 0 Å². The second-order valence-electron chi connectivity index (χ2n) is 5.84. The van der Waals surface area contributed by atoms with E-state index in [1.807, 2.05) is 0 Å². The third-order valence-electron chi connectivity index (χ3n) is 2.96. The third kappa shape index (κ3) is 6.17. The van der Waals surface area contributed by atoms with Crippen LogP contribution in [0.3, 0.4) is 0 Å². The van der Waals surface area contributed by atoms with Crippen LogP contribution in [0, 0.1) is 0 Å². The number of benzene rings is 1. The first kappa shape index (κ1) is 18.9. The van der Waals surface area contributed by atoms with Gasteiger partial charge in [0.25, 0.3) is 0 Å². The molecule has 1 aliphatic heterocycles. The van der Waals surface area contributed by atoms with E-state index in [9.17, 15) is 4.79 Å². The summed E-state index contributed by atoms with van der Waals surface area (Å²) in [7, 11) is 4.52. The minimum absolute atomic E-state index is 0.145. The molecular weight excluding hydrogens is 368 g/mol. The summed E-state index contributed by atoms with van der Waals surface area (Å²) in [6.07, 6.45) is -0.464. The minimum Gasteiger partial charge on any atom is -0.296 e. The number of oxime groups is 1. The summed E-state index contributed by atoms with van der Waals surface area (Å²) in [5, 5.41) is 3.87. The Labute approximate surface area is 154 Å². The molecule has 0 N–H and O–H groups in total. The van der Waals surface area contributed by atoms with Gasteiger partial charge in [-0.25, -0.2) is 9.10 Å². The average Bonchev–Trinajstić information content (AvgIpc) is 3.03. The number of thioether (sulfide) groups is 2.